The van der Waals surface area contributed by atoms with Crippen LogP contribution in [0.2, 0.25) is 5.02 Å². The van der Waals surface area contributed by atoms with E-state index in [1.165, 1.54) is 11.3 Å². The second-order valence-corrected chi connectivity index (χ2v) is 9.16. The minimum Gasteiger partial charge on any atom is -0.497 e. The van der Waals surface area contributed by atoms with Gasteiger partial charge in [0, 0.05) is 10.7 Å². The first-order chi connectivity index (χ1) is 16.5. The van der Waals surface area contributed by atoms with Crippen molar-refractivity contribution < 1.29 is 14.1 Å². The van der Waals surface area contributed by atoms with Crippen molar-refractivity contribution in [3.8, 4) is 16.5 Å². The number of nitrogens with zero attached hydrogens (tertiary/aromatic N) is 3. The molecule has 9 heteroatoms. The molecule has 0 aliphatic carbocycles. The van der Waals surface area contributed by atoms with E-state index in [1.807, 2.05) is 66.9 Å². The largest absolute Gasteiger partial charge is 0.497 e. The van der Waals surface area contributed by atoms with Gasteiger partial charge in [0.05, 0.1) is 30.1 Å². The van der Waals surface area contributed by atoms with Crippen LogP contribution in [0.4, 0.5) is 4.79 Å². The van der Waals surface area contributed by atoms with Gasteiger partial charge in [-0.05, 0) is 53.8 Å². The van der Waals surface area contributed by atoms with E-state index >= 15 is 0 Å². The molecule has 7 nitrogen and oxygen atoms in total. The summed E-state index contributed by atoms with van der Waals surface area (Å²) in [5, 5.41) is 9.81. The first kappa shape index (κ1) is 22.2. The number of nitrogens with one attached hydrogen (secondary N) is 1. The smallest absolute Gasteiger partial charge is 0.322 e. The first-order valence-corrected chi connectivity index (χ1v) is 11.8. The molecule has 0 saturated carbocycles. The van der Waals surface area contributed by atoms with Crippen molar-refractivity contribution in [3.05, 3.63) is 93.8 Å². The Labute approximate surface area is 205 Å². The van der Waals surface area contributed by atoms with Gasteiger partial charge >= 0.3 is 6.03 Å². The first-order valence-electron chi connectivity index (χ1n) is 10.6. The van der Waals surface area contributed by atoms with Crippen LogP contribution in [0.15, 0.2) is 76.3 Å². The fourth-order valence-corrected chi connectivity index (χ4v) is 4.83. The number of hydrogen-bond donors (Lipinski definition) is 1. The predicted molar refractivity (Wildman–Crippen MR) is 131 cm³/mol. The summed E-state index contributed by atoms with van der Waals surface area (Å²) >= 11 is 7.80. The molecule has 34 heavy (non-hydrogen) atoms. The van der Waals surface area contributed by atoms with Gasteiger partial charge in [0.2, 0.25) is 5.82 Å². The molecule has 0 bridgehead atoms. The molecule has 2 aromatic carbocycles. The lowest BCUT2D eigenvalue weighted by Crippen LogP contribution is -2.45. The molecule has 0 radical (unpaired) electrons. The number of rotatable bonds is 6. The predicted octanol–water partition coefficient (Wildman–Crippen LogP) is 6.16. The lowest BCUT2D eigenvalue weighted by atomic mass is 9.94. The van der Waals surface area contributed by atoms with Gasteiger partial charge in [0.1, 0.15) is 5.75 Å². The number of ether oxygens (including phenoxy) is 1. The van der Waals surface area contributed by atoms with Crippen LogP contribution >= 0.6 is 22.9 Å². The molecule has 4 aromatic rings. The Kier molecular flexibility index (Phi) is 6.08. The highest BCUT2D eigenvalue weighted by molar-refractivity contribution is 7.13. The number of thiophene rings is 1. The second kappa shape index (κ2) is 9.32. The zero-order valence-electron chi connectivity index (χ0n) is 18.5. The zero-order valence-corrected chi connectivity index (χ0v) is 20.1. The highest BCUT2D eigenvalue weighted by Gasteiger charge is 2.36. The zero-order chi connectivity index (χ0) is 23.7. The second-order valence-electron chi connectivity index (χ2n) is 7.77. The average Bonchev–Trinajstić information content (AvgIpc) is 3.54. The number of amides is 2. The maximum absolute atomic E-state index is 13.3. The number of hydrogen-bond acceptors (Lipinski definition) is 6. The van der Waals surface area contributed by atoms with E-state index < -0.39 is 6.04 Å². The number of carbonyl (C=O) groups excluding carboxylic acids is 1. The normalized spacial score (nSPS) is 16.0. The lowest BCUT2D eigenvalue weighted by Gasteiger charge is -2.35. The molecule has 3 heterocycles. The number of urea groups is 1. The summed E-state index contributed by atoms with van der Waals surface area (Å²) in [4.78, 5) is 20.5. The SMILES string of the molecule is COc1cccc(CN2C(=O)NC(c3cccc(Cl)c3)C(c3nc(-c4cccs4)no3)=C2C)c1. The number of allylic oxidation sites excluding steroid dienone is 1. The molecule has 1 aliphatic heterocycles. The van der Waals surface area contributed by atoms with Gasteiger partial charge in [-0.25, -0.2) is 4.79 Å². The van der Waals surface area contributed by atoms with Crippen LogP contribution in [0, 0.1) is 0 Å². The van der Waals surface area contributed by atoms with E-state index in [4.69, 9.17) is 20.9 Å². The molecular formula is C25H21ClN4O3S. The lowest BCUT2D eigenvalue weighted by molar-refractivity contribution is 0.203. The van der Waals surface area contributed by atoms with Crippen LogP contribution in [0.3, 0.4) is 0 Å². The minimum atomic E-state index is -0.496. The van der Waals surface area contributed by atoms with Gasteiger partial charge in [0.15, 0.2) is 0 Å². The molecule has 2 amide bonds. The Hall–Kier alpha value is -3.62. The Morgan fingerprint density at radius 3 is 2.79 bits per heavy atom. The third kappa shape index (κ3) is 4.30. The van der Waals surface area contributed by atoms with E-state index in [9.17, 15) is 4.79 Å². The number of carbonyl (C=O) groups is 1. The molecule has 0 saturated heterocycles. The number of benzene rings is 2. The van der Waals surface area contributed by atoms with E-state index in [0.29, 0.717) is 23.3 Å². The van der Waals surface area contributed by atoms with Crippen molar-refractivity contribution in [3.63, 3.8) is 0 Å². The molecule has 5 rings (SSSR count). The highest BCUT2D eigenvalue weighted by atomic mass is 35.5. The minimum absolute atomic E-state index is 0.230. The molecule has 1 atom stereocenters. The molecule has 1 aliphatic rings. The van der Waals surface area contributed by atoms with E-state index in [-0.39, 0.29) is 6.03 Å². The van der Waals surface area contributed by atoms with Gasteiger partial charge in [-0.3, -0.25) is 4.90 Å². The van der Waals surface area contributed by atoms with Crippen molar-refractivity contribution in [1.82, 2.24) is 20.4 Å². The van der Waals surface area contributed by atoms with Crippen molar-refractivity contribution in [2.45, 2.75) is 19.5 Å². The monoisotopic (exact) mass is 492 g/mol. The molecule has 0 fully saturated rings. The van der Waals surface area contributed by atoms with Crippen LogP contribution in [0.1, 0.15) is 30.0 Å². The Morgan fingerprint density at radius 1 is 1.18 bits per heavy atom. The number of aromatic nitrogens is 2. The summed E-state index contributed by atoms with van der Waals surface area (Å²) in [6, 6.07) is 18.2. The maximum Gasteiger partial charge on any atom is 0.322 e. The van der Waals surface area contributed by atoms with Gasteiger partial charge in [-0.15, -0.1) is 11.3 Å². The third-order valence-corrected chi connectivity index (χ3v) is 6.75. The van der Waals surface area contributed by atoms with Gasteiger partial charge in [-0.1, -0.05) is 47.1 Å². The summed E-state index contributed by atoms with van der Waals surface area (Å²) in [6.45, 7) is 2.24. The Morgan fingerprint density at radius 2 is 2.03 bits per heavy atom. The van der Waals surface area contributed by atoms with Crippen LogP contribution < -0.4 is 10.1 Å². The van der Waals surface area contributed by atoms with Crippen molar-refractivity contribution in [2.75, 3.05) is 7.11 Å². The maximum atomic E-state index is 13.3. The Bertz CT molecular complexity index is 1370. The van der Waals surface area contributed by atoms with Crippen molar-refractivity contribution in [2.24, 2.45) is 0 Å². The summed E-state index contributed by atoms with van der Waals surface area (Å²) in [6.07, 6.45) is 0. The number of methoxy groups -OCH3 is 1. The summed E-state index contributed by atoms with van der Waals surface area (Å²) in [5.41, 5.74) is 3.20. The summed E-state index contributed by atoms with van der Waals surface area (Å²) in [5.74, 6) is 1.58. The molecular weight excluding hydrogens is 472 g/mol. The molecule has 1 unspecified atom stereocenters. The van der Waals surface area contributed by atoms with Gasteiger partial charge < -0.3 is 14.6 Å². The van der Waals surface area contributed by atoms with Crippen LogP contribution in [-0.4, -0.2) is 28.2 Å². The van der Waals surface area contributed by atoms with E-state index in [1.54, 1.807) is 18.1 Å². The van der Waals surface area contributed by atoms with Crippen LogP contribution in [0.25, 0.3) is 16.3 Å². The van der Waals surface area contributed by atoms with Crippen LogP contribution in [-0.2, 0) is 6.54 Å². The molecule has 0 spiro atoms. The quantitative estimate of drug-likeness (QED) is 0.348. The topological polar surface area (TPSA) is 80.5 Å². The van der Waals surface area contributed by atoms with Gasteiger partial charge in [-0.2, -0.15) is 4.98 Å². The van der Waals surface area contributed by atoms with Crippen molar-refractivity contribution >= 4 is 34.5 Å². The summed E-state index contributed by atoms with van der Waals surface area (Å²) in [7, 11) is 1.62. The van der Waals surface area contributed by atoms with E-state index in [0.717, 1.165) is 33.0 Å². The van der Waals surface area contributed by atoms with E-state index in [2.05, 4.69) is 15.5 Å². The van der Waals surface area contributed by atoms with Crippen LogP contribution in [0.5, 0.6) is 5.75 Å². The fraction of sp³-hybridized carbons (Fsp3) is 0.160. The molecule has 2 aromatic heterocycles. The van der Waals surface area contributed by atoms with Crippen molar-refractivity contribution in [1.29, 1.82) is 0 Å². The average molecular weight is 493 g/mol. The standard InChI is InChI=1S/C25H21ClN4O3S/c1-15-21(24-28-23(29-33-24)20-10-5-11-34-20)22(17-7-4-8-18(26)13-17)27-25(31)30(15)14-16-6-3-9-19(12-16)32-2/h3-13,22H,14H2,1-2H3,(H,27,31). The van der Waals surface area contributed by atoms with Gasteiger partial charge in [0.25, 0.3) is 5.89 Å². The molecule has 172 valence electrons. The third-order valence-electron chi connectivity index (χ3n) is 5.65. The highest BCUT2D eigenvalue weighted by Crippen LogP contribution is 2.38. The number of halogens is 1. The molecule has 1 N–H and O–H groups in total. The fourth-order valence-electron chi connectivity index (χ4n) is 3.98. The summed E-state index contributed by atoms with van der Waals surface area (Å²) < 4.78 is 11.0. The Balaban J connectivity index is 1.59.